The van der Waals surface area contributed by atoms with Crippen LogP contribution >= 0.6 is 0 Å². The lowest BCUT2D eigenvalue weighted by molar-refractivity contribution is 0.0442. The molecule has 1 saturated carbocycles. The zero-order valence-electron chi connectivity index (χ0n) is 12.9. The van der Waals surface area contributed by atoms with Gasteiger partial charge in [-0.2, -0.15) is 0 Å². The first-order valence-corrected chi connectivity index (χ1v) is 7.88. The van der Waals surface area contributed by atoms with Crippen molar-refractivity contribution < 1.29 is 14.2 Å². The van der Waals surface area contributed by atoms with Gasteiger partial charge in [-0.25, -0.2) is 0 Å². The minimum Gasteiger partial charge on any atom is -0.493 e. The van der Waals surface area contributed by atoms with Crippen molar-refractivity contribution in [1.82, 2.24) is 0 Å². The highest BCUT2D eigenvalue weighted by molar-refractivity contribution is 5.39. The maximum Gasteiger partial charge on any atom is 0.161 e. The second-order valence-corrected chi connectivity index (χ2v) is 5.61. The Labute approximate surface area is 127 Å². The zero-order valence-corrected chi connectivity index (χ0v) is 12.9. The number of ether oxygens (including phenoxy) is 3. The molecule has 4 nitrogen and oxygen atoms in total. The Hall–Kier alpha value is -1.26. The van der Waals surface area contributed by atoms with Crippen LogP contribution in [0.25, 0.3) is 0 Å². The maximum absolute atomic E-state index is 5.84. The summed E-state index contributed by atoms with van der Waals surface area (Å²) in [6.07, 6.45) is 5.12. The quantitative estimate of drug-likeness (QED) is 0.749. The standard InChI is InChI=1S/C17H27NO3/c1-19-16-8-4-5-9-17(16)21-11-10-20-13-15-7-3-2-6-14(15)12-18/h4-5,8-9,14-15H,2-3,6-7,10-13,18H2,1H3. The van der Waals surface area contributed by atoms with Crippen molar-refractivity contribution in [1.29, 1.82) is 0 Å². The second kappa shape index (κ2) is 8.90. The molecule has 0 aliphatic heterocycles. The van der Waals surface area contributed by atoms with E-state index in [0.717, 1.165) is 24.7 Å². The Bertz CT molecular complexity index is 411. The van der Waals surface area contributed by atoms with Gasteiger partial charge in [-0.3, -0.25) is 0 Å². The Kier molecular flexibility index (Phi) is 6.83. The van der Waals surface area contributed by atoms with Gasteiger partial charge in [0.15, 0.2) is 11.5 Å². The van der Waals surface area contributed by atoms with Crippen LogP contribution in [0.5, 0.6) is 11.5 Å². The molecular formula is C17H27NO3. The summed E-state index contributed by atoms with van der Waals surface area (Å²) < 4.78 is 16.7. The Morgan fingerprint density at radius 2 is 1.76 bits per heavy atom. The summed E-state index contributed by atoms with van der Waals surface area (Å²) in [4.78, 5) is 0. The smallest absolute Gasteiger partial charge is 0.161 e. The molecule has 2 N–H and O–H groups in total. The Morgan fingerprint density at radius 3 is 2.48 bits per heavy atom. The fourth-order valence-electron chi connectivity index (χ4n) is 3.00. The van der Waals surface area contributed by atoms with Crippen molar-refractivity contribution in [3.8, 4) is 11.5 Å². The molecule has 0 aromatic heterocycles. The van der Waals surface area contributed by atoms with Crippen molar-refractivity contribution in [3.63, 3.8) is 0 Å². The summed E-state index contributed by atoms with van der Waals surface area (Å²) in [6, 6.07) is 7.67. The number of benzene rings is 1. The predicted octanol–water partition coefficient (Wildman–Crippen LogP) is 2.86. The molecule has 1 aliphatic rings. The second-order valence-electron chi connectivity index (χ2n) is 5.61. The molecule has 0 spiro atoms. The Morgan fingerprint density at radius 1 is 1.05 bits per heavy atom. The molecule has 1 aromatic carbocycles. The van der Waals surface area contributed by atoms with Crippen LogP contribution in [0.3, 0.4) is 0 Å². The van der Waals surface area contributed by atoms with Gasteiger partial charge in [0.1, 0.15) is 6.61 Å². The summed E-state index contributed by atoms with van der Waals surface area (Å²) in [6.45, 7) is 2.73. The average molecular weight is 293 g/mol. The molecule has 2 atom stereocenters. The lowest BCUT2D eigenvalue weighted by atomic mass is 9.80. The largest absolute Gasteiger partial charge is 0.493 e. The van der Waals surface area contributed by atoms with Crippen molar-refractivity contribution in [2.24, 2.45) is 17.6 Å². The molecule has 0 bridgehead atoms. The number of hydrogen-bond donors (Lipinski definition) is 1. The van der Waals surface area contributed by atoms with Crippen LogP contribution in [-0.4, -0.2) is 33.5 Å². The number of rotatable bonds is 8. The minimum absolute atomic E-state index is 0.542. The van der Waals surface area contributed by atoms with Crippen LogP contribution in [0.4, 0.5) is 0 Å². The van der Waals surface area contributed by atoms with Crippen molar-refractivity contribution in [2.45, 2.75) is 25.7 Å². The maximum atomic E-state index is 5.84. The molecule has 118 valence electrons. The number of methoxy groups -OCH3 is 1. The molecule has 0 radical (unpaired) electrons. The van der Waals surface area contributed by atoms with E-state index in [1.807, 2.05) is 24.3 Å². The van der Waals surface area contributed by atoms with Gasteiger partial charge in [0.2, 0.25) is 0 Å². The molecule has 2 unspecified atom stereocenters. The summed E-state index contributed by atoms with van der Waals surface area (Å²) in [5.74, 6) is 2.78. The highest BCUT2D eigenvalue weighted by atomic mass is 16.5. The molecule has 2 rings (SSSR count). The molecule has 1 aromatic rings. The third-order valence-corrected chi connectivity index (χ3v) is 4.26. The van der Waals surface area contributed by atoms with Crippen LogP contribution in [0.1, 0.15) is 25.7 Å². The third-order valence-electron chi connectivity index (χ3n) is 4.26. The van der Waals surface area contributed by atoms with Gasteiger partial charge in [0.25, 0.3) is 0 Å². The summed E-state index contributed by atoms with van der Waals surface area (Å²) >= 11 is 0. The van der Waals surface area contributed by atoms with E-state index in [4.69, 9.17) is 19.9 Å². The molecule has 1 aliphatic carbocycles. The molecule has 4 heteroatoms. The highest BCUT2D eigenvalue weighted by Gasteiger charge is 2.23. The van der Waals surface area contributed by atoms with Gasteiger partial charge >= 0.3 is 0 Å². The molecule has 0 saturated heterocycles. The lowest BCUT2D eigenvalue weighted by Gasteiger charge is -2.30. The van der Waals surface area contributed by atoms with Crippen LogP contribution in [0.15, 0.2) is 24.3 Å². The van der Waals surface area contributed by atoms with E-state index in [0.29, 0.717) is 25.0 Å². The molecule has 21 heavy (non-hydrogen) atoms. The summed E-state index contributed by atoms with van der Waals surface area (Å²) in [5.41, 5.74) is 5.84. The fourth-order valence-corrected chi connectivity index (χ4v) is 3.00. The summed E-state index contributed by atoms with van der Waals surface area (Å²) in [5, 5.41) is 0. The van der Waals surface area contributed by atoms with Crippen LogP contribution in [-0.2, 0) is 4.74 Å². The number of nitrogens with two attached hydrogens (primary N) is 1. The first-order valence-electron chi connectivity index (χ1n) is 7.88. The van der Waals surface area contributed by atoms with Gasteiger partial charge in [0.05, 0.1) is 13.7 Å². The van der Waals surface area contributed by atoms with Gasteiger partial charge in [-0.1, -0.05) is 25.0 Å². The van der Waals surface area contributed by atoms with Crippen molar-refractivity contribution in [2.75, 3.05) is 33.5 Å². The Balaban J connectivity index is 1.65. The number of para-hydroxylation sites is 2. The van der Waals surface area contributed by atoms with Gasteiger partial charge < -0.3 is 19.9 Å². The SMILES string of the molecule is COc1ccccc1OCCOCC1CCCCC1CN. The van der Waals surface area contributed by atoms with Crippen molar-refractivity contribution >= 4 is 0 Å². The van der Waals surface area contributed by atoms with E-state index in [1.165, 1.54) is 25.7 Å². The van der Waals surface area contributed by atoms with Crippen molar-refractivity contribution in [3.05, 3.63) is 24.3 Å². The zero-order chi connectivity index (χ0) is 14.9. The normalized spacial score (nSPS) is 22.0. The molecular weight excluding hydrogens is 266 g/mol. The number of hydrogen-bond acceptors (Lipinski definition) is 4. The fraction of sp³-hybridized carbons (Fsp3) is 0.647. The lowest BCUT2D eigenvalue weighted by Crippen LogP contribution is -2.30. The molecule has 0 amide bonds. The average Bonchev–Trinajstić information content (AvgIpc) is 2.55. The van der Waals surface area contributed by atoms with E-state index in [9.17, 15) is 0 Å². The van der Waals surface area contributed by atoms with Gasteiger partial charge in [0, 0.05) is 6.61 Å². The van der Waals surface area contributed by atoms with E-state index in [2.05, 4.69) is 0 Å². The highest BCUT2D eigenvalue weighted by Crippen LogP contribution is 2.29. The van der Waals surface area contributed by atoms with E-state index in [1.54, 1.807) is 7.11 Å². The monoisotopic (exact) mass is 293 g/mol. The summed E-state index contributed by atoms with van der Waals surface area (Å²) in [7, 11) is 1.65. The van der Waals surface area contributed by atoms with Crippen LogP contribution < -0.4 is 15.2 Å². The van der Waals surface area contributed by atoms with E-state index < -0.39 is 0 Å². The molecule has 0 heterocycles. The van der Waals surface area contributed by atoms with E-state index in [-0.39, 0.29) is 0 Å². The first-order chi connectivity index (χ1) is 10.3. The van der Waals surface area contributed by atoms with Gasteiger partial charge in [-0.05, 0) is 43.4 Å². The van der Waals surface area contributed by atoms with Crippen LogP contribution in [0.2, 0.25) is 0 Å². The van der Waals surface area contributed by atoms with Crippen LogP contribution in [0, 0.1) is 11.8 Å². The van der Waals surface area contributed by atoms with Gasteiger partial charge in [-0.15, -0.1) is 0 Å². The molecule has 1 fully saturated rings. The minimum atomic E-state index is 0.542. The first kappa shape index (κ1) is 16.1. The third kappa shape index (κ3) is 4.90. The predicted molar refractivity (Wildman–Crippen MR) is 83.8 cm³/mol. The van der Waals surface area contributed by atoms with E-state index >= 15 is 0 Å². The topological polar surface area (TPSA) is 53.7 Å².